The lowest BCUT2D eigenvalue weighted by molar-refractivity contribution is 0.444. The van der Waals surface area contributed by atoms with Crippen molar-refractivity contribution in [1.82, 2.24) is 4.98 Å². The maximum atomic E-state index is 5.89. The summed E-state index contributed by atoms with van der Waals surface area (Å²) in [6.45, 7) is 4.37. The minimum absolute atomic E-state index is 0.475. The van der Waals surface area contributed by atoms with E-state index in [1.54, 1.807) is 6.07 Å². The molecule has 0 bridgehead atoms. The van der Waals surface area contributed by atoms with Gasteiger partial charge in [-0.05, 0) is 24.8 Å². The monoisotopic (exact) mass is 225 g/mol. The third kappa shape index (κ3) is 2.53. The van der Waals surface area contributed by atoms with E-state index in [0.29, 0.717) is 10.8 Å². The van der Waals surface area contributed by atoms with E-state index < -0.39 is 0 Å². The normalized spacial score (nSPS) is 21.7. The van der Waals surface area contributed by atoms with Gasteiger partial charge in [0.25, 0.3) is 0 Å². The van der Waals surface area contributed by atoms with Crippen molar-refractivity contribution >= 4 is 23.1 Å². The van der Waals surface area contributed by atoms with Crippen LogP contribution in [0, 0.1) is 5.92 Å². The van der Waals surface area contributed by atoms with Gasteiger partial charge in [0.1, 0.15) is 11.0 Å². The number of aromatic nitrogens is 1. The molecule has 1 unspecified atom stereocenters. The molecular formula is C11H16ClN3. The first-order valence-electron chi connectivity index (χ1n) is 5.33. The molecule has 1 fully saturated rings. The Hall–Kier alpha value is -0.960. The van der Waals surface area contributed by atoms with Crippen LogP contribution in [-0.4, -0.2) is 18.1 Å². The van der Waals surface area contributed by atoms with Gasteiger partial charge in [-0.1, -0.05) is 18.5 Å². The fourth-order valence-corrected chi connectivity index (χ4v) is 2.27. The van der Waals surface area contributed by atoms with E-state index in [1.807, 2.05) is 6.07 Å². The Morgan fingerprint density at radius 1 is 1.53 bits per heavy atom. The maximum Gasteiger partial charge on any atom is 0.133 e. The van der Waals surface area contributed by atoms with Gasteiger partial charge in [0.05, 0.1) is 0 Å². The molecule has 82 valence electrons. The predicted octanol–water partition coefficient (Wildman–Crippen LogP) is 2.55. The topological polar surface area (TPSA) is 42.1 Å². The van der Waals surface area contributed by atoms with Crippen molar-refractivity contribution in [2.45, 2.75) is 19.8 Å². The Morgan fingerprint density at radius 2 is 2.33 bits per heavy atom. The summed E-state index contributed by atoms with van der Waals surface area (Å²) in [7, 11) is 0. The first-order chi connectivity index (χ1) is 7.15. The predicted molar refractivity (Wildman–Crippen MR) is 64.3 cm³/mol. The van der Waals surface area contributed by atoms with E-state index in [2.05, 4.69) is 16.8 Å². The summed E-state index contributed by atoms with van der Waals surface area (Å²) in [5, 5.41) is 0.475. The maximum absolute atomic E-state index is 5.89. The van der Waals surface area contributed by atoms with Crippen molar-refractivity contribution in [2.24, 2.45) is 5.92 Å². The Labute approximate surface area is 95.2 Å². The van der Waals surface area contributed by atoms with Crippen molar-refractivity contribution in [3.8, 4) is 0 Å². The quantitative estimate of drug-likeness (QED) is 0.747. The smallest absolute Gasteiger partial charge is 0.133 e. The summed E-state index contributed by atoms with van der Waals surface area (Å²) in [5.74, 6) is 1.63. The number of halogens is 1. The van der Waals surface area contributed by atoms with Gasteiger partial charge in [0.2, 0.25) is 0 Å². The molecule has 0 amide bonds. The molecule has 0 radical (unpaired) electrons. The van der Waals surface area contributed by atoms with Crippen LogP contribution in [0.4, 0.5) is 11.5 Å². The van der Waals surface area contributed by atoms with Gasteiger partial charge in [-0.3, -0.25) is 0 Å². The molecule has 0 saturated carbocycles. The first kappa shape index (κ1) is 10.6. The van der Waals surface area contributed by atoms with Crippen LogP contribution >= 0.6 is 11.6 Å². The molecule has 1 atom stereocenters. The molecular weight excluding hydrogens is 210 g/mol. The number of nitrogen functional groups attached to an aromatic ring is 1. The van der Waals surface area contributed by atoms with E-state index in [1.165, 1.54) is 12.8 Å². The number of hydrogen-bond donors (Lipinski definition) is 1. The molecule has 2 heterocycles. The molecule has 3 nitrogen and oxygen atoms in total. The molecule has 15 heavy (non-hydrogen) atoms. The molecule has 1 aromatic rings. The van der Waals surface area contributed by atoms with E-state index >= 15 is 0 Å². The van der Waals surface area contributed by atoms with Gasteiger partial charge in [0, 0.05) is 24.8 Å². The van der Waals surface area contributed by atoms with Crippen LogP contribution in [-0.2, 0) is 0 Å². The van der Waals surface area contributed by atoms with Gasteiger partial charge in [-0.2, -0.15) is 0 Å². The second-order valence-corrected chi connectivity index (χ2v) is 4.66. The van der Waals surface area contributed by atoms with Gasteiger partial charge in [-0.15, -0.1) is 0 Å². The molecule has 4 heteroatoms. The van der Waals surface area contributed by atoms with Crippen LogP contribution in [0.5, 0.6) is 0 Å². The molecule has 2 rings (SSSR count). The lowest BCUT2D eigenvalue weighted by Crippen LogP contribution is -2.34. The zero-order valence-electron chi connectivity index (χ0n) is 8.91. The van der Waals surface area contributed by atoms with E-state index in [-0.39, 0.29) is 0 Å². The SMILES string of the molecule is CC1CCCN(c2cc(N)cc(Cl)n2)C1. The minimum Gasteiger partial charge on any atom is -0.399 e. The number of pyridine rings is 1. The van der Waals surface area contributed by atoms with Crippen LogP contribution in [0.1, 0.15) is 19.8 Å². The van der Waals surface area contributed by atoms with Crippen LogP contribution in [0.2, 0.25) is 5.15 Å². The average Bonchev–Trinajstić information content (AvgIpc) is 2.16. The molecule has 1 aliphatic rings. The lowest BCUT2D eigenvalue weighted by atomic mass is 10.0. The third-order valence-electron chi connectivity index (χ3n) is 2.78. The van der Waals surface area contributed by atoms with Gasteiger partial charge >= 0.3 is 0 Å². The van der Waals surface area contributed by atoms with Crippen molar-refractivity contribution in [3.05, 3.63) is 17.3 Å². The molecule has 0 aromatic carbocycles. The Bertz CT molecular complexity index is 333. The number of piperidine rings is 1. The van der Waals surface area contributed by atoms with Crippen LogP contribution in [0.15, 0.2) is 12.1 Å². The van der Waals surface area contributed by atoms with Crippen LogP contribution < -0.4 is 10.6 Å². The van der Waals surface area contributed by atoms with Crippen molar-refractivity contribution in [2.75, 3.05) is 23.7 Å². The average molecular weight is 226 g/mol. The van der Waals surface area contributed by atoms with E-state index in [9.17, 15) is 0 Å². The number of rotatable bonds is 1. The zero-order chi connectivity index (χ0) is 10.8. The van der Waals surface area contributed by atoms with Gasteiger partial charge in [0.15, 0.2) is 0 Å². The minimum atomic E-state index is 0.475. The summed E-state index contributed by atoms with van der Waals surface area (Å²) < 4.78 is 0. The summed E-state index contributed by atoms with van der Waals surface area (Å²) >= 11 is 5.89. The zero-order valence-corrected chi connectivity index (χ0v) is 9.67. The van der Waals surface area contributed by atoms with Crippen molar-refractivity contribution in [3.63, 3.8) is 0 Å². The second kappa shape index (κ2) is 4.27. The summed E-state index contributed by atoms with van der Waals surface area (Å²) in [6, 6.07) is 3.57. The molecule has 0 aliphatic carbocycles. The fraction of sp³-hybridized carbons (Fsp3) is 0.545. The first-order valence-corrected chi connectivity index (χ1v) is 5.71. The van der Waals surface area contributed by atoms with Gasteiger partial charge < -0.3 is 10.6 Å². The molecule has 1 aliphatic heterocycles. The van der Waals surface area contributed by atoms with Crippen LogP contribution in [0.25, 0.3) is 0 Å². The number of anilines is 2. The van der Waals surface area contributed by atoms with Crippen molar-refractivity contribution < 1.29 is 0 Å². The second-order valence-electron chi connectivity index (χ2n) is 4.27. The summed E-state index contributed by atoms with van der Waals surface area (Å²) in [6.07, 6.45) is 2.52. The van der Waals surface area contributed by atoms with Gasteiger partial charge in [-0.25, -0.2) is 4.98 Å². The highest BCUT2D eigenvalue weighted by molar-refractivity contribution is 6.29. The number of nitrogens with two attached hydrogens (primary N) is 1. The standard InChI is InChI=1S/C11H16ClN3/c1-8-3-2-4-15(7-8)11-6-9(13)5-10(12)14-11/h5-6,8H,2-4,7H2,1H3,(H2,13,14). The summed E-state index contributed by atoms with van der Waals surface area (Å²) in [4.78, 5) is 6.56. The van der Waals surface area contributed by atoms with Crippen LogP contribution in [0.3, 0.4) is 0 Å². The van der Waals surface area contributed by atoms with Crippen molar-refractivity contribution in [1.29, 1.82) is 0 Å². The highest BCUT2D eigenvalue weighted by Crippen LogP contribution is 2.24. The third-order valence-corrected chi connectivity index (χ3v) is 2.98. The Balaban J connectivity index is 2.20. The lowest BCUT2D eigenvalue weighted by Gasteiger charge is -2.32. The highest BCUT2D eigenvalue weighted by atomic mass is 35.5. The molecule has 1 saturated heterocycles. The summed E-state index contributed by atoms with van der Waals surface area (Å²) in [5.41, 5.74) is 6.43. The fourth-order valence-electron chi connectivity index (χ4n) is 2.06. The molecule has 1 aromatic heterocycles. The van der Waals surface area contributed by atoms with E-state index in [4.69, 9.17) is 17.3 Å². The molecule has 0 spiro atoms. The Kier molecular flexibility index (Phi) is 3.00. The largest absolute Gasteiger partial charge is 0.399 e. The van der Waals surface area contributed by atoms with E-state index in [0.717, 1.165) is 24.8 Å². The highest BCUT2D eigenvalue weighted by Gasteiger charge is 2.17. The molecule has 2 N–H and O–H groups in total. The Morgan fingerprint density at radius 3 is 3.00 bits per heavy atom. The number of hydrogen-bond acceptors (Lipinski definition) is 3. The number of nitrogens with zero attached hydrogens (tertiary/aromatic N) is 2.